The van der Waals surface area contributed by atoms with Crippen molar-refractivity contribution in [1.82, 2.24) is 4.90 Å². The summed E-state index contributed by atoms with van der Waals surface area (Å²) in [7, 11) is 0. The summed E-state index contributed by atoms with van der Waals surface area (Å²) in [5.41, 5.74) is 6.55. The van der Waals surface area contributed by atoms with Gasteiger partial charge >= 0.3 is 5.97 Å². The zero-order valence-corrected chi connectivity index (χ0v) is 9.56. The molecule has 5 nitrogen and oxygen atoms in total. The number of benzene rings is 1. The Labute approximate surface area is 103 Å². The van der Waals surface area contributed by atoms with Crippen LogP contribution in [0.15, 0.2) is 17.1 Å². The third-order valence-corrected chi connectivity index (χ3v) is 3.47. The number of rotatable bonds is 1. The van der Waals surface area contributed by atoms with Gasteiger partial charge < -0.3 is 15.7 Å². The maximum Gasteiger partial charge on any atom is 0.335 e. The van der Waals surface area contributed by atoms with Gasteiger partial charge in [-0.3, -0.25) is 0 Å². The van der Waals surface area contributed by atoms with Gasteiger partial charge in [0.15, 0.2) is 5.96 Å². The van der Waals surface area contributed by atoms with Gasteiger partial charge in [0.25, 0.3) is 0 Å². The number of guanidine groups is 1. The number of hydrogen-bond acceptors (Lipinski definition) is 4. The fraction of sp³-hybridized carbons (Fsp3) is 0.333. The Hall–Kier alpha value is -2.11. The van der Waals surface area contributed by atoms with Gasteiger partial charge in [0.2, 0.25) is 0 Å². The molecule has 2 aliphatic rings. The van der Waals surface area contributed by atoms with E-state index >= 15 is 0 Å². The summed E-state index contributed by atoms with van der Waals surface area (Å²) < 4.78 is 13.9. The largest absolute Gasteiger partial charge is 0.478 e. The molecule has 0 radical (unpaired) electrons. The second kappa shape index (κ2) is 3.69. The van der Waals surface area contributed by atoms with Crippen LogP contribution in [0.4, 0.5) is 10.1 Å². The van der Waals surface area contributed by atoms with Crippen molar-refractivity contribution in [2.45, 2.75) is 18.9 Å². The molecule has 0 saturated carbocycles. The van der Waals surface area contributed by atoms with Crippen LogP contribution in [0.25, 0.3) is 0 Å². The van der Waals surface area contributed by atoms with Crippen LogP contribution >= 0.6 is 0 Å². The first-order chi connectivity index (χ1) is 8.58. The van der Waals surface area contributed by atoms with Gasteiger partial charge in [-0.05, 0) is 25.0 Å². The molecule has 0 aliphatic carbocycles. The van der Waals surface area contributed by atoms with Crippen molar-refractivity contribution in [3.05, 3.63) is 29.1 Å². The molecule has 0 spiro atoms. The van der Waals surface area contributed by atoms with E-state index < -0.39 is 11.8 Å². The lowest BCUT2D eigenvalue weighted by Crippen LogP contribution is -2.38. The predicted octanol–water partition coefficient (Wildman–Crippen LogP) is 1.62. The molecule has 18 heavy (non-hydrogen) atoms. The number of nitrogens with two attached hydrogens (primary N) is 1. The fourth-order valence-electron chi connectivity index (χ4n) is 2.66. The molecule has 0 amide bonds. The van der Waals surface area contributed by atoms with Gasteiger partial charge in [-0.2, -0.15) is 0 Å². The summed E-state index contributed by atoms with van der Waals surface area (Å²) in [5, 5.41) is 8.96. The van der Waals surface area contributed by atoms with E-state index in [4.69, 9.17) is 10.8 Å². The quantitative estimate of drug-likeness (QED) is 0.792. The molecule has 1 atom stereocenters. The molecule has 2 heterocycles. The maximum absolute atomic E-state index is 13.9. The SMILES string of the molecule is NC1=Nc2c(F)cc(C(=O)O)cc2[C@@H]2CCCN12. The zero-order chi connectivity index (χ0) is 12.9. The maximum atomic E-state index is 13.9. The van der Waals surface area contributed by atoms with Crippen molar-refractivity contribution < 1.29 is 14.3 Å². The number of halogens is 1. The summed E-state index contributed by atoms with van der Waals surface area (Å²) in [5.74, 6) is -1.45. The lowest BCUT2D eigenvalue weighted by Gasteiger charge is -2.31. The van der Waals surface area contributed by atoms with Crippen LogP contribution in [0.1, 0.15) is 34.8 Å². The normalized spacial score (nSPS) is 21.3. The van der Waals surface area contributed by atoms with Crippen LogP contribution in [-0.2, 0) is 0 Å². The summed E-state index contributed by atoms with van der Waals surface area (Å²) >= 11 is 0. The fourth-order valence-corrected chi connectivity index (χ4v) is 2.66. The van der Waals surface area contributed by atoms with E-state index in [0.29, 0.717) is 11.5 Å². The summed E-state index contributed by atoms with van der Waals surface area (Å²) in [6.07, 6.45) is 1.78. The van der Waals surface area contributed by atoms with Gasteiger partial charge in [0, 0.05) is 12.1 Å². The van der Waals surface area contributed by atoms with Gasteiger partial charge in [0.1, 0.15) is 11.5 Å². The second-order valence-corrected chi connectivity index (χ2v) is 4.52. The molecule has 3 rings (SSSR count). The van der Waals surface area contributed by atoms with E-state index in [1.807, 2.05) is 4.90 Å². The Morgan fingerprint density at radius 1 is 1.56 bits per heavy atom. The Morgan fingerprint density at radius 2 is 2.33 bits per heavy atom. The molecule has 94 valence electrons. The molecule has 3 N–H and O–H groups in total. The Bertz CT molecular complexity index is 571. The lowest BCUT2D eigenvalue weighted by molar-refractivity contribution is 0.0696. The minimum Gasteiger partial charge on any atom is -0.478 e. The third-order valence-electron chi connectivity index (χ3n) is 3.47. The van der Waals surface area contributed by atoms with Crippen molar-refractivity contribution >= 4 is 17.6 Å². The number of aromatic carboxylic acids is 1. The number of carbonyl (C=O) groups is 1. The molecule has 1 aromatic rings. The first kappa shape index (κ1) is 11.0. The number of nitrogens with zero attached hydrogens (tertiary/aromatic N) is 2. The average molecular weight is 249 g/mol. The highest BCUT2D eigenvalue weighted by atomic mass is 19.1. The van der Waals surface area contributed by atoms with E-state index in [1.54, 1.807) is 0 Å². The highest BCUT2D eigenvalue weighted by Crippen LogP contribution is 2.42. The lowest BCUT2D eigenvalue weighted by atomic mass is 9.98. The molecule has 2 aliphatic heterocycles. The smallest absolute Gasteiger partial charge is 0.335 e. The van der Waals surface area contributed by atoms with Crippen LogP contribution in [0, 0.1) is 5.82 Å². The van der Waals surface area contributed by atoms with Gasteiger partial charge in [-0.25, -0.2) is 14.2 Å². The Balaban J connectivity index is 2.20. The molecule has 0 aromatic heterocycles. The first-order valence-electron chi connectivity index (χ1n) is 5.75. The average Bonchev–Trinajstić information content (AvgIpc) is 2.80. The highest BCUT2D eigenvalue weighted by molar-refractivity contribution is 5.90. The van der Waals surface area contributed by atoms with E-state index in [9.17, 15) is 9.18 Å². The van der Waals surface area contributed by atoms with E-state index in [0.717, 1.165) is 25.5 Å². The van der Waals surface area contributed by atoms with Crippen LogP contribution in [0.5, 0.6) is 0 Å². The number of carboxylic acid groups (broad SMARTS) is 1. The molecule has 6 heteroatoms. The van der Waals surface area contributed by atoms with E-state index in [-0.39, 0.29) is 17.3 Å². The number of carboxylic acids is 1. The van der Waals surface area contributed by atoms with Crippen molar-refractivity contribution in [2.75, 3.05) is 6.54 Å². The minimum atomic E-state index is -1.14. The second-order valence-electron chi connectivity index (χ2n) is 4.52. The monoisotopic (exact) mass is 249 g/mol. The van der Waals surface area contributed by atoms with Crippen molar-refractivity contribution in [1.29, 1.82) is 0 Å². The summed E-state index contributed by atoms with van der Waals surface area (Å²) in [6.45, 7) is 0.776. The molecule has 0 bridgehead atoms. The van der Waals surface area contributed by atoms with Crippen LogP contribution < -0.4 is 5.73 Å². The van der Waals surface area contributed by atoms with Gasteiger partial charge in [0.05, 0.1) is 11.6 Å². The Kier molecular flexibility index (Phi) is 2.26. The van der Waals surface area contributed by atoms with Crippen LogP contribution in [-0.4, -0.2) is 28.5 Å². The van der Waals surface area contributed by atoms with Crippen LogP contribution in [0.2, 0.25) is 0 Å². The zero-order valence-electron chi connectivity index (χ0n) is 9.56. The van der Waals surface area contributed by atoms with Gasteiger partial charge in [-0.15, -0.1) is 0 Å². The molecule has 1 saturated heterocycles. The molecular weight excluding hydrogens is 237 g/mol. The molecule has 1 aromatic carbocycles. The molecular formula is C12H12FN3O2. The predicted molar refractivity (Wildman–Crippen MR) is 63.3 cm³/mol. The van der Waals surface area contributed by atoms with Crippen molar-refractivity contribution in [2.24, 2.45) is 10.7 Å². The van der Waals surface area contributed by atoms with Crippen molar-refractivity contribution in [3.8, 4) is 0 Å². The summed E-state index contributed by atoms with van der Waals surface area (Å²) in [4.78, 5) is 16.9. The summed E-state index contributed by atoms with van der Waals surface area (Å²) in [6, 6.07) is 2.44. The third kappa shape index (κ3) is 1.45. The molecule has 1 fully saturated rings. The minimum absolute atomic E-state index is 0.0474. The number of fused-ring (bicyclic) bond motifs is 3. The number of hydrogen-bond donors (Lipinski definition) is 2. The van der Waals surface area contributed by atoms with E-state index in [1.165, 1.54) is 6.07 Å². The van der Waals surface area contributed by atoms with Crippen molar-refractivity contribution in [3.63, 3.8) is 0 Å². The first-order valence-corrected chi connectivity index (χ1v) is 5.75. The van der Waals surface area contributed by atoms with Crippen LogP contribution in [0.3, 0.4) is 0 Å². The Morgan fingerprint density at radius 3 is 3.06 bits per heavy atom. The number of aliphatic imine (C=N–C) groups is 1. The van der Waals surface area contributed by atoms with Gasteiger partial charge in [-0.1, -0.05) is 0 Å². The topological polar surface area (TPSA) is 78.9 Å². The molecule has 0 unspecified atom stereocenters. The van der Waals surface area contributed by atoms with E-state index in [2.05, 4.69) is 4.99 Å². The highest BCUT2D eigenvalue weighted by Gasteiger charge is 2.34. The standard InChI is InChI=1S/C12H12FN3O2/c13-8-5-6(11(17)18)4-7-9-2-1-3-16(9)12(14)15-10(7)8/h4-5,9H,1-3H2,(H2,14,15)(H,17,18)/t9-/m0/s1.